The maximum Gasteiger partial charge on any atom is 0.308 e. The Kier molecular flexibility index (Phi) is 6.34. The summed E-state index contributed by atoms with van der Waals surface area (Å²) in [7, 11) is 0. The van der Waals surface area contributed by atoms with Gasteiger partial charge in [-0.1, -0.05) is 20.8 Å². The third kappa shape index (κ3) is 4.06. The Morgan fingerprint density at radius 1 is 1.18 bits per heavy atom. The summed E-state index contributed by atoms with van der Waals surface area (Å²) in [5.74, 6) is -1.74. The first kappa shape index (κ1) is 21.5. The summed E-state index contributed by atoms with van der Waals surface area (Å²) >= 11 is 0. The summed E-state index contributed by atoms with van der Waals surface area (Å²) in [6.45, 7) is 8.02. The lowest BCUT2D eigenvalue weighted by atomic mass is 9.63. The van der Waals surface area contributed by atoms with Gasteiger partial charge in [0.15, 0.2) is 11.9 Å². The number of carboxylic acids is 1. The molecule has 0 radical (unpaired) electrons. The van der Waals surface area contributed by atoms with Crippen LogP contribution in [-0.2, 0) is 33.6 Å². The van der Waals surface area contributed by atoms with E-state index < -0.39 is 35.9 Å². The molecule has 2 bridgehead atoms. The molecule has 1 spiro atoms. The number of rotatable bonds is 7. The van der Waals surface area contributed by atoms with Crippen LogP contribution in [0.5, 0.6) is 0 Å². The van der Waals surface area contributed by atoms with E-state index in [-0.39, 0.29) is 24.7 Å². The number of esters is 1. The van der Waals surface area contributed by atoms with E-state index in [1.54, 1.807) is 0 Å². The van der Waals surface area contributed by atoms with Gasteiger partial charge in [0.2, 0.25) is 12.1 Å². The van der Waals surface area contributed by atoms with Crippen LogP contribution in [0.15, 0.2) is 0 Å². The van der Waals surface area contributed by atoms with Crippen LogP contribution in [0.25, 0.3) is 0 Å². The second-order valence-corrected chi connectivity index (χ2v) is 8.56. The van der Waals surface area contributed by atoms with Crippen molar-refractivity contribution < 1.29 is 38.7 Å². The maximum absolute atomic E-state index is 12.0. The first-order valence-corrected chi connectivity index (χ1v) is 10.3. The Balaban J connectivity index is 1.78. The van der Waals surface area contributed by atoms with Gasteiger partial charge < -0.3 is 19.3 Å². The Hall–Kier alpha value is -1.22. The highest BCUT2D eigenvalue weighted by molar-refractivity contribution is 5.76. The number of carboxylic acid groups (broad SMARTS) is 1. The van der Waals surface area contributed by atoms with Gasteiger partial charge in [0.25, 0.3) is 0 Å². The largest absolute Gasteiger partial charge is 0.481 e. The molecule has 3 saturated heterocycles. The number of hydrogen-bond acceptors (Lipinski definition) is 7. The smallest absolute Gasteiger partial charge is 0.308 e. The third-order valence-corrected chi connectivity index (χ3v) is 6.50. The molecule has 1 saturated carbocycles. The molecule has 4 aliphatic rings. The molecule has 0 amide bonds. The molecule has 1 N–H and O–H groups in total. The summed E-state index contributed by atoms with van der Waals surface area (Å²) < 4.78 is 17.8. The van der Waals surface area contributed by atoms with Gasteiger partial charge in [0.05, 0.1) is 12.8 Å². The van der Waals surface area contributed by atoms with Crippen molar-refractivity contribution in [3.8, 4) is 0 Å². The maximum atomic E-state index is 12.0. The predicted octanol–water partition coefficient (Wildman–Crippen LogP) is 3.38. The van der Waals surface area contributed by atoms with Crippen LogP contribution in [0, 0.1) is 17.8 Å². The second kappa shape index (κ2) is 8.26. The highest BCUT2D eigenvalue weighted by atomic mass is 17.3. The molecule has 7 atom stereocenters. The number of fused-ring (bicyclic) bond motifs is 3. The Morgan fingerprint density at radius 3 is 2.61 bits per heavy atom. The quantitative estimate of drug-likeness (QED) is 0.394. The number of carbonyl (C=O) groups excluding carboxylic acids is 1. The average Bonchev–Trinajstić information content (AvgIpc) is 2.88. The predicted molar refractivity (Wildman–Crippen MR) is 96.6 cm³/mol. The summed E-state index contributed by atoms with van der Waals surface area (Å²) in [6, 6.07) is 0. The summed E-state index contributed by atoms with van der Waals surface area (Å²) in [4.78, 5) is 34.4. The average molecular weight is 400 g/mol. The number of ether oxygens (including phenoxy) is 3. The van der Waals surface area contributed by atoms with E-state index in [1.165, 1.54) is 0 Å². The summed E-state index contributed by atoms with van der Waals surface area (Å²) in [6.07, 6.45) is 2.08. The molecule has 3 aliphatic heterocycles. The van der Waals surface area contributed by atoms with Gasteiger partial charge in [-0.05, 0) is 43.9 Å². The molecule has 160 valence electrons. The van der Waals surface area contributed by atoms with Crippen molar-refractivity contribution in [3.63, 3.8) is 0 Å². The first-order chi connectivity index (χ1) is 13.2. The normalized spacial score (nSPS) is 41.0. The second-order valence-electron chi connectivity index (χ2n) is 8.56. The van der Waals surface area contributed by atoms with E-state index >= 15 is 0 Å². The van der Waals surface area contributed by atoms with Crippen LogP contribution in [-0.4, -0.2) is 41.0 Å². The summed E-state index contributed by atoms with van der Waals surface area (Å²) in [5, 5.41) is 8.74. The van der Waals surface area contributed by atoms with Crippen LogP contribution in [0.1, 0.15) is 72.6 Å². The number of carbonyl (C=O) groups is 2. The lowest BCUT2D eigenvalue weighted by molar-refractivity contribution is -0.561. The molecular formula is C20H32O8. The standard InChI is InChI=1S/C20H32O8/c1-5-17(24-16(23)9-8-15(21)22)25-18-20-13(3)7-6-12(2)14(20)10-11-19(4,26-18)27-28-20/h12-14,17-18H,5-11H2,1-4H3,(H,21,22)/t12-,13-,14+,17-,18-,19+,20?/m1/s1. The Morgan fingerprint density at radius 2 is 1.93 bits per heavy atom. The minimum Gasteiger partial charge on any atom is -0.481 e. The molecule has 0 aromatic rings. The van der Waals surface area contributed by atoms with Crippen molar-refractivity contribution in [1.82, 2.24) is 0 Å². The van der Waals surface area contributed by atoms with Gasteiger partial charge in [-0.15, -0.1) is 0 Å². The zero-order valence-electron chi connectivity index (χ0n) is 17.1. The minimum atomic E-state index is -1.04. The van der Waals surface area contributed by atoms with E-state index in [9.17, 15) is 9.59 Å². The molecular weight excluding hydrogens is 368 g/mol. The van der Waals surface area contributed by atoms with E-state index in [0.29, 0.717) is 18.8 Å². The molecule has 8 heteroatoms. The fourth-order valence-electron chi connectivity index (χ4n) is 4.76. The van der Waals surface area contributed by atoms with Crippen LogP contribution in [0.3, 0.4) is 0 Å². The van der Waals surface area contributed by atoms with Crippen molar-refractivity contribution in [1.29, 1.82) is 0 Å². The zero-order chi connectivity index (χ0) is 20.5. The fourth-order valence-corrected chi connectivity index (χ4v) is 4.76. The fraction of sp³-hybridized carbons (Fsp3) is 0.900. The highest BCUT2D eigenvalue weighted by Crippen LogP contribution is 2.56. The van der Waals surface area contributed by atoms with Crippen molar-refractivity contribution >= 4 is 11.9 Å². The van der Waals surface area contributed by atoms with Crippen LogP contribution in [0.2, 0.25) is 0 Å². The van der Waals surface area contributed by atoms with E-state index in [4.69, 9.17) is 29.1 Å². The van der Waals surface area contributed by atoms with Crippen LogP contribution in [0.4, 0.5) is 0 Å². The molecule has 8 nitrogen and oxygen atoms in total. The lowest BCUT2D eigenvalue weighted by Gasteiger charge is -2.54. The molecule has 0 aromatic heterocycles. The lowest BCUT2D eigenvalue weighted by Crippen LogP contribution is -2.65. The van der Waals surface area contributed by atoms with E-state index in [1.807, 2.05) is 13.8 Å². The molecule has 3 heterocycles. The van der Waals surface area contributed by atoms with Gasteiger partial charge in [0, 0.05) is 12.8 Å². The molecule has 1 aliphatic carbocycles. The summed E-state index contributed by atoms with van der Waals surface area (Å²) in [5.41, 5.74) is -0.755. The Labute approximate surface area is 165 Å². The highest BCUT2D eigenvalue weighted by Gasteiger charge is 2.64. The third-order valence-electron chi connectivity index (χ3n) is 6.50. The molecule has 0 aromatic carbocycles. The van der Waals surface area contributed by atoms with Gasteiger partial charge in [0.1, 0.15) is 0 Å². The van der Waals surface area contributed by atoms with E-state index in [2.05, 4.69) is 13.8 Å². The van der Waals surface area contributed by atoms with Crippen LogP contribution < -0.4 is 0 Å². The van der Waals surface area contributed by atoms with Crippen molar-refractivity contribution in [2.45, 2.75) is 96.6 Å². The van der Waals surface area contributed by atoms with Gasteiger partial charge in [-0.3, -0.25) is 9.59 Å². The Bertz CT molecular complexity index is 591. The van der Waals surface area contributed by atoms with Crippen molar-refractivity contribution in [2.24, 2.45) is 17.8 Å². The van der Waals surface area contributed by atoms with Crippen molar-refractivity contribution in [2.75, 3.05) is 0 Å². The zero-order valence-corrected chi connectivity index (χ0v) is 17.1. The van der Waals surface area contributed by atoms with Gasteiger partial charge in [-0.2, -0.15) is 0 Å². The molecule has 1 unspecified atom stereocenters. The first-order valence-electron chi connectivity index (χ1n) is 10.3. The molecule has 4 fully saturated rings. The number of aliphatic carboxylic acids is 1. The van der Waals surface area contributed by atoms with E-state index in [0.717, 1.165) is 19.3 Å². The monoisotopic (exact) mass is 400 g/mol. The SMILES string of the molecule is CC[C@H](OC(=O)CCC(=O)O)O[C@@H]1O[C@]2(C)CC[C@H]3[C@H](C)CC[C@@H](C)C13OO2. The topological polar surface area (TPSA) is 101 Å². The van der Waals surface area contributed by atoms with Crippen molar-refractivity contribution in [3.05, 3.63) is 0 Å². The molecule has 4 rings (SSSR count). The minimum absolute atomic E-state index is 0.154. The van der Waals surface area contributed by atoms with Gasteiger partial charge in [-0.25, -0.2) is 9.78 Å². The molecule has 28 heavy (non-hydrogen) atoms. The van der Waals surface area contributed by atoms with Gasteiger partial charge >= 0.3 is 11.9 Å². The van der Waals surface area contributed by atoms with Crippen LogP contribution >= 0.6 is 0 Å². The number of hydrogen-bond donors (Lipinski definition) is 1.